The van der Waals surface area contributed by atoms with E-state index in [2.05, 4.69) is 25.6 Å². The third-order valence-corrected chi connectivity index (χ3v) is 3.81. The van der Waals surface area contributed by atoms with Gasteiger partial charge in [-0.05, 0) is 0 Å². The number of ether oxygens (including phenoxy) is 1. The van der Waals surface area contributed by atoms with Crippen LogP contribution >= 0.6 is 0 Å². The van der Waals surface area contributed by atoms with E-state index in [9.17, 15) is 19.1 Å². The summed E-state index contributed by atoms with van der Waals surface area (Å²) in [6, 6.07) is 0. The maximum Gasteiger partial charge on any atom is 0.282 e. The molecule has 1 aliphatic heterocycles. The van der Waals surface area contributed by atoms with Gasteiger partial charge in [-0.25, -0.2) is 4.39 Å². The zero-order valence-electron chi connectivity index (χ0n) is 13.4. The van der Waals surface area contributed by atoms with Crippen LogP contribution in [-0.2, 0) is 9.53 Å². The number of aromatic nitrogens is 5. The van der Waals surface area contributed by atoms with Crippen molar-refractivity contribution in [3.05, 3.63) is 10.4 Å². The Morgan fingerprint density at radius 2 is 2.24 bits per heavy atom. The van der Waals surface area contributed by atoms with Crippen LogP contribution < -0.4 is 10.9 Å². The number of hydrogen-bond acceptors (Lipinski definition) is 8. The molecule has 4 atom stereocenters. The third-order valence-electron chi connectivity index (χ3n) is 3.81. The second-order valence-corrected chi connectivity index (χ2v) is 5.95. The van der Waals surface area contributed by atoms with Crippen LogP contribution in [0.5, 0.6) is 0 Å². The molecule has 25 heavy (non-hydrogen) atoms. The maximum absolute atomic E-state index is 13.9. The molecule has 0 radical (unpaired) electrons. The van der Waals surface area contributed by atoms with Gasteiger partial charge in [0.05, 0.1) is 6.61 Å². The number of alkyl halides is 1. The second-order valence-electron chi connectivity index (χ2n) is 5.95. The Bertz CT molecular complexity index is 851. The van der Waals surface area contributed by atoms with Crippen LogP contribution in [0.4, 0.5) is 10.3 Å². The Morgan fingerprint density at radius 1 is 1.52 bits per heavy atom. The fourth-order valence-corrected chi connectivity index (χ4v) is 2.39. The smallest absolute Gasteiger partial charge is 0.282 e. The fraction of sp³-hybridized carbons (Fsp3) is 0.615. The van der Waals surface area contributed by atoms with E-state index >= 15 is 0 Å². The van der Waals surface area contributed by atoms with Crippen molar-refractivity contribution in [2.75, 3.05) is 11.9 Å². The van der Waals surface area contributed by atoms with E-state index in [1.807, 2.05) is 0 Å². The number of aliphatic hydroxyl groups excluding tert-OH is 2. The average molecular weight is 356 g/mol. The van der Waals surface area contributed by atoms with E-state index in [4.69, 9.17) is 9.84 Å². The first-order chi connectivity index (χ1) is 11.8. The highest BCUT2D eigenvalue weighted by Crippen LogP contribution is 2.31. The molecule has 3 rings (SSSR count). The van der Waals surface area contributed by atoms with Crippen LogP contribution in [0.2, 0.25) is 0 Å². The van der Waals surface area contributed by atoms with Gasteiger partial charge >= 0.3 is 0 Å². The first-order valence-corrected chi connectivity index (χ1v) is 7.58. The normalized spacial score (nSPS) is 26.5. The van der Waals surface area contributed by atoms with E-state index in [-0.39, 0.29) is 28.9 Å². The highest BCUT2D eigenvalue weighted by molar-refractivity contribution is 5.90. The summed E-state index contributed by atoms with van der Waals surface area (Å²) in [6.45, 7) is 2.69. The molecular formula is C13H17FN6O5. The summed E-state index contributed by atoms with van der Waals surface area (Å²) in [6.07, 6.45) is -6.02. The predicted molar refractivity (Wildman–Crippen MR) is 81.3 cm³/mol. The zero-order valence-corrected chi connectivity index (χ0v) is 13.4. The molecular weight excluding hydrogens is 339 g/mol. The minimum Gasteiger partial charge on any atom is -0.394 e. The summed E-state index contributed by atoms with van der Waals surface area (Å²) in [5.74, 6) is -0.854. The number of nitrogens with one attached hydrogen (secondary N) is 2. The van der Waals surface area contributed by atoms with Gasteiger partial charge < -0.3 is 14.9 Å². The molecule has 1 aliphatic rings. The van der Waals surface area contributed by atoms with Crippen LogP contribution in [-0.4, -0.2) is 66.1 Å². The Balaban J connectivity index is 2.01. The number of fused-ring (bicyclic) bond motifs is 1. The monoisotopic (exact) mass is 356 g/mol. The van der Waals surface area contributed by atoms with Gasteiger partial charge in [-0.2, -0.15) is 9.67 Å². The first kappa shape index (κ1) is 17.4. The number of nitrogens with zero attached hydrogens (tertiary/aromatic N) is 4. The van der Waals surface area contributed by atoms with Crippen molar-refractivity contribution < 1.29 is 24.1 Å². The molecule has 2 aromatic heterocycles. The molecule has 0 saturated carbocycles. The molecule has 3 heterocycles. The fourth-order valence-electron chi connectivity index (χ4n) is 2.39. The number of halogens is 1. The van der Waals surface area contributed by atoms with Crippen molar-refractivity contribution in [3.63, 3.8) is 0 Å². The van der Waals surface area contributed by atoms with Gasteiger partial charge in [0.2, 0.25) is 11.9 Å². The molecule has 1 fully saturated rings. The summed E-state index contributed by atoms with van der Waals surface area (Å²) >= 11 is 0. The largest absolute Gasteiger partial charge is 0.394 e. The number of aliphatic hydroxyl groups is 2. The van der Waals surface area contributed by atoms with Gasteiger partial charge in [-0.15, -0.1) is 5.10 Å². The first-order valence-electron chi connectivity index (χ1n) is 7.58. The van der Waals surface area contributed by atoms with E-state index in [0.717, 1.165) is 4.68 Å². The number of H-pyrrole nitrogens is 1. The lowest BCUT2D eigenvalue weighted by Gasteiger charge is -2.14. The van der Waals surface area contributed by atoms with Gasteiger partial charge in [-0.3, -0.25) is 19.9 Å². The molecule has 12 heteroatoms. The number of anilines is 1. The molecule has 0 bridgehead atoms. The Kier molecular flexibility index (Phi) is 4.49. The van der Waals surface area contributed by atoms with Gasteiger partial charge in [0.15, 0.2) is 23.6 Å². The van der Waals surface area contributed by atoms with Gasteiger partial charge in [0, 0.05) is 5.92 Å². The molecule has 0 unspecified atom stereocenters. The average Bonchev–Trinajstić information content (AvgIpc) is 3.10. The number of carbonyl (C=O) groups is 1. The molecule has 136 valence electrons. The summed E-state index contributed by atoms with van der Waals surface area (Å²) in [5.41, 5.74) is -0.933. The second kappa shape index (κ2) is 6.46. The number of aromatic amines is 1. The lowest BCUT2D eigenvalue weighted by atomic mass is 10.1. The summed E-state index contributed by atoms with van der Waals surface area (Å²) in [4.78, 5) is 30.2. The Morgan fingerprint density at radius 3 is 2.84 bits per heavy atom. The number of rotatable bonds is 4. The van der Waals surface area contributed by atoms with Gasteiger partial charge in [0.25, 0.3) is 5.56 Å². The highest BCUT2D eigenvalue weighted by Gasteiger charge is 2.46. The lowest BCUT2D eigenvalue weighted by molar-refractivity contribution is -0.118. The topological polar surface area (TPSA) is 155 Å². The molecule has 0 spiro atoms. The minimum absolute atomic E-state index is 0.0994. The van der Waals surface area contributed by atoms with Crippen LogP contribution in [0.1, 0.15) is 20.1 Å². The van der Waals surface area contributed by atoms with Gasteiger partial charge in [0.1, 0.15) is 12.2 Å². The van der Waals surface area contributed by atoms with E-state index < -0.39 is 36.8 Å². The van der Waals surface area contributed by atoms with Gasteiger partial charge in [-0.1, -0.05) is 19.1 Å². The maximum atomic E-state index is 13.9. The number of amides is 1. The van der Waals surface area contributed by atoms with Crippen molar-refractivity contribution in [3.8, 4) is 0 Å². The molecule has 0 aromatic carbocycles. The lowest BCUT2D eigenvalue weighted by Crippen LogP contribution is -2.30. The van der Waals surface area contributed by atoms with Crippen molar-refractivity contribution in [1.29, 1.82) is 0 Å². The third kappa shape index (κ3) is 2.99. The quantitative estimate of drug-likeness (QED) is 0.527. The Labute approximate surface area is 139 Å². The van der Waals surface area contributed by atoms with Crippen LogP contribution in [0, 0.1) is 5.92 Å². The van der Waals surface area contributed by atoms with E-state index in [1.165, 1.54) is 0 Å². The van der Waals surface area contributed by atoms with Crippen LogP contribution in [0.25, 0.3) is 11.2 Å². The Hall–Kier alpha value is -2.44. The summed E-state index contributed by atoms with van der Waals surface area (Å²) < 4.78 is 20.1. The van der Waals surface area contributed by atoms with Crippen molar-refractivity contribution in [1.82, 2.24) is 25.0 Å². The van der Waals surface area contributed by atoms with Crippen molar-refractivity contribution >= 4 is 23.0 Å². The summed E-state index contributed by atoms with van der Waals surface area (Å²) in [7, 11) is 0. The molecule has 11 nitrogen and oxygen atoms in total. The highest BCUT2D eigenvalue weighted by atomic mass is 19.1. The zero-order chi connectivity index (χ0) is 18.3. The number of hydrogen-bond donors (Lipinski definition) is 4. The minimum atomic E-state index is -1.84. The number of carbonyl (C=O) groups excluding carboxylic acids is 1. The van der Waals surface area contributed by atoms with E-state index in [1.54, 1.807) is 13.8 Å². The van der Waals surface area contributed by atoms with Crippen LogP contribution in [0.15, 0.2) is 4.79 Å². The summed E-state index contributed by atoms with van der Waals surface area (Å²) in [5, 5.41) is 28.8. The molecule has 1 saturated heterocycles. The molecule has 1 amide bonds. The molecule has 2 aromatic rings. The van der Waals surface area contributed by atoms with E-state index in [0.29, 0.717) is 0 Å². The molecule has 0 aliphatic carbocycles. The van der Waals surface area contributed by atoms with Crippen molar-refractivity contribution in [2.24, 2.45) is 5.92 Å². The van der Waals surface area contributed by atoms with Crippen LogP contribution in [0.3, 0.4) is 0 Å². The molecule has 4 N–H and O–H groups in total. The standard InChI is InChI=1S/C13H17FN6O5/c1-4(2)10(23)16-13-15-9-7(11(24)17-13)18-19-20(9)12-8(22)6(14)5(3-21)25-12/h4-6,8,12,21-22H,3H2,1-2H3,(H2,15,16,17,23,24)/t5-,6+,8-,12-/m1/s1. The predicted octanol–water partition coefficient (Wildman–Crippen LogP) is -1.30. The SMILES string of the molecule is CC(C)C(=O)Nc1nc2c(nnn2[C@@H]2O[C@H](CO)[C@H](F)[C@H]2O)c(=O)[nH]1. The van der Waals surface area contributed by atoms with Crippen molar-refractivity contribution in [2.45, 2.75) is 38.5 Å².